The van der Waals surface area contributed by atoms with Crippen LogP contribution in [0.1, 0.15) is 24.0 Å². The quantitative estimate of drug-likeness (QED) is 0.868. The Morgan fingerprint density at radius 1 is 1.41 bits per heavy atom. The minimum Gasteiger partial charge on any atom is -0.313 e. The minimum absolute atomic E-state index is 0.814. The Balaban J connectivity index is 1.77. The molecule has 3 heteroatoms. The van der Waals surface area contributed by atoms with E-state index in [0.717, 1.165) is 25.7 Å². The molecule has 0 radical (unpaired) electrons. The van der Waals surface area contributed by atoms with Crippen molar-refractivity contribution in [3.8, 4) is 0 Å². The number of halogens is 1. The molecule has 0 bridgehead atoms. The second kappa shape index (κ2) is 5.98. The van der Waals surface area contributed by atoms with Gasteiger partial charge in [-0.05, 0) is 44.0 Å². The van der Waals surface area contributed by atoms with Gasteiger partial charge in [0.05, 0.1) is 0 Å². The Bertz CT molecular complexity index is 374. The topological polar surface area (TPSA) is 15.3 Å². The largest absolute Gasteiger partial charge is 0.313 e. The lowest BCUT2D eigenvalue weighted by atomic mass is 10.1. The third-order valence-corrected chi connectivity index (χ3v) is 3.89. The molecule has 0 amide bonds. The van der Waals surface area contributed by atoms with E-state index < -0.39 is 0 Å². The van der Waals surface area contributed by atoms with E-state index >= 15 is 0 Å². The Labute approximate surface area is 113 Å². The molecule has 2 rings (SSSR count). The van der Waals surface area contributed by atoms with Crippen LogP contribution >= 0.6 is 15.9 Å². The lowest BCUT2D eigenvalue weighted by Crippen LogP contribution is -2.30. The fourth-order valence-corrected chi connectivity index (χ4v) is 2.52. The molecular weight excluding hydrogens is 276 g/mol. The number of nitrogens with zero attached hydrogens (tertiary/aromatic N) is 1. The van der Waals surface area contributed by atoms with E-state index in [1.165, 1.54) is 28.4 Å². The average Bonchev–Trinajstić information content (AvgIpc) is 3.06. The number of hydrogen-bond donors (Lipinski definition) is 1. The Morgan fingerprint density at radius 3 is 2.82 bits per heavy atom. The van der Waals surface area contributed by atoms with Crippen molar-refractivity contribution in [1.29, 1.82) is 0 Å². The standard InChI is InChI=1S/C14H21BrN2/c1-11-3-4-12(14(15)9-11)10-17(2)8-7-16-13-5-6-13/h3-4,9,13,16H,5-8,10H2,1-2H3. The summed E-state index contributed by atoms with van der Waals surface area (Å²) in [6.45, 7) is 5.34. The first kappa shape index (κ1) is 13.1. The second-order valence-electron chi connectivity index (χ2n) is 5.06. The summed E-state index contributed by atoms with van der Waals surface area (Å²) >= 11 is 3.63. The fraction of sp³-hybridized carbons (Fsp3) is 0.571. The zero-order valence-corrected chi connectivity index (χ0v) is 12.3. The highest BCUT2D eigenvalue weighted by Gasteiger charge is 2.19. The van der Waals surface area contributed by atoms with Gasteiger partial charge in [-0.2, -0.15) is 0 Å². The summed E-state index contributed by atoms with van der Waals surface area (Å²) in [4.78, 5) is 2.37. The SMILES string of the molecule is Cc1ccc(CN(C)CCNC2CC2)c(Br)c1. The number of likely N-dealkylation sites (N-methyl/N-ethyl adjacent to an activating group) is 1. The summed E-state index contributed by atoms with van der Waals surface area (Å²) in [5, 5.41) is 3.54. The zero-order valence-electron chi connectivity index (χ0n) is 10.7. The van der Waals surface area contributed by atoms with Crippen LogP contribution in [0.2, 0.25) is 0 Å². The molecule has 1 aliphatic carbocycles. The molecule has 1 saturated carbocycles. The number of benzene rings is 1. The van der Waals surface area contributed by atoms with Crippen LogP contribution in [-0.4, -0.2) is 31.1 Å². The van der Waals surface area contributed by atoms with E-state index in [1.807, 2.05) is 0 Å². The van der Waals surface area contributed by atoms with Crippen LogP contribution in [0.3, 0.4) is 0 Å². The van der Waals surface area contributed by atoms with Gasteiger partial charge < -0.3 is 10.2 Å². The highest BCUT2D eigenvalue weighted by atomic mass is 79.9. The van der Waals surface area contributed by atoms with Gasteiger partial charge in [0.1, 0.15) is 0 Å². The average molecular weight is 297 g/mol. The van der Waals surface area contributed by atoms with E-state index in [-0.39, 0.29) is 0 Å². The van der Waals surface area contributed by atoms with Crippen LogP contribution < -0.4 is 5.32 Å². The molecule has 0 aliphatic heterocycles. The molecule has 0 aromatic heterocycles. The zero-order chi connectivity index (χ0) is 12.3. The van der Waals surface area contributed by atoms with Crippen LogP contribution in [0.4, 0.5) is 0 Å². The van der Waals surface area contributed by atoms with Crippen molar-refractivity contribution < 1.29 is 0 Å². The summed E-state index contributed by atoms with van der Waals surface area (Å²) < 4.78 is 1.22. The van der Waals surface area contributed by atoms with E-state index in [4.69, 9.17) is 0 Å². The maximum absolute atomic E-state index is 3.63. The molecule has 17 heavy (non-hydrogen) atoms. The molecule has 94 valence electrons. The maximum Gasteiger partial charge on any atom is 0.0242 e. The van der Waals surface area contributed by atoms with E-state index in [0.29, 0.717) is 0 Å². The number of aryl methyl sites for hydroxylation is 1. The first-order valence-electron chi connectivity index (χ1n) is 6.32. The number of nitrogens with one attached hydrogen (secondary N) is 1. The van der Waals surface area contributed by atoms with Gasteiger partial charge in [-0.15, -0.1) is 0 Å². The van der Waals surface area contributed by atoms with Crippen LogP contribution in [0.15, 0.2) is 22.7 Å². The smallest absolute Gasteiger partial charge is 0.0242 e. The van der Waals surface area contributed by atoms with Crippen LogP contribution in [0.25, 0.3) is 0 Å². The van der Waals surface area contributed by atoms with Crippen LogP contribution in [0, 0.1) is 6.92 Å². The summed E-state index contributed by atoms with van der Waals surface area (Å²) in [5.41, 5.74) is 2.67. The molecule has 1 aromatic rings. The highest BCUT2D eigenvalue weighted by Crippen LogP contribution is 2.20. The predicted octanol–water partition coefficient (Wildman–Crippen LogP) is 2.94. The van der Waals surface area contributed by atoms with Crippen LogP contribution in [0.5, 0.6) is 0 Å². The van der Waals surface area contributed by atoms with E-state index in [9.17, 15) is 0 Å². The third-order valence-electron chi connectivity index (χ3n) is 3.15. The first-order valence-corrected chi connectivity index (χ1v) is 7.11. The predicted molar refractivity (Wildman–Crippen MR) is 76.2 cm³/mol. The van der Waals surface area contributed by atoms with Crippen molar-refractivity contribution in [2.24, 2.45) is 0 Å². The first-order chi connectivity index (χ1) is 8.15. The molecule has 0 heterocycles. The highest BCUT2D eigenvalue weighted by molar-refractivity contribution is 9.10. The lowest BCUT2D eigenvalue weighted by molar-refractivity contribution is 0.323. The minimum atomic E-state index is 0.814. The van der Waals surface area contributed by atoms with Crippen molar-refractivity contribution in [2.45, 2.75) is 32.4 Å². The van der Waals surface area contributed by atoms with Crippen molar-refractivity contribution in [3.05, 3.63) is 33.8 Å². The van der Waals surface area contributed by atoms with Crippen molar-refractivity contribution in [3.63, 3.8) is 0 Å². The molecular formula is C14H21BrN2. The monoisotopic (exact) mass is 296 g/mol. The van der Waals surface area contributed by atoms with Gasteiger partial charge in [-0.1, -0.05) is 28.1 Å². The van der Waals surface area contributed by atoms with Crippen molar-refractivity contribution >= 4 is 15.9 Å². The molecule has 0 saturated heterocycles. The van der Waals surface area contributed by atoms with E-state index in [1.54, 1.807) is 0 Å². The van der Waals surface area contributed by atoms with Gasteiger partial charge >= 0.3 is 0 Å². The van der Waals surface area contributed by atoms with Gasteiger partial charge in [0.2, 0.25) is 0 Å². The Hall–Kier alpha value is -0.380. The van der Waals surface area contributed by atoms with Gasteiger partial charge in [0.15, 0.2) is 0 Å². The number of hydrogen-bond acceptors (Lipinski definition) is 2. The molecule has 0 atom stereocenters. The van der Waals surface area contributed by atoms with Gasteiger partial charge in [-0.3, -0.25) is 0 Å². The van der Waals surface area contributed by atoms with Gasteiger partial charge in [-0.25, -0.2) is 0 Å². The fourth-order valence-electron chi connectivity index (χ4n) is 1.90. The lowest BCUT2D eigenvalue weighted by Gasteiger charge is -2.18. The molecule has 1 fully saturated rings. The maximum atomic E-state index is 3.63. The van der Waals surface area contributed by atoms with Crippen molar-refractivity contribution in [1.82, 2.24) is 10.2 Å². The summed E-state index contributed by atoms with van der Waals surface area (Å²) in [7, 11) is 2.18. The molecule has 1 aliphatic rings. The van der Waals surface area contributed by atoms with Crippen molar-refractivity contribution in [2.75, 3.05) is 20.1 Å². The Kier molecular flexibility index (Phi) is 4.60. The second-order valence-corrected chi connectivity index (χ2v) is 5.92. The molecule has 0 unspecified atom stereocenters. The van der Waals surface area contributed by atoms with E-state index in [2.05, 4.69) is 58.3 Å². The normalized spacial score (nSPS) is 15.5. The summed E-state index contributed by atoms with van der Waals surface area (Å²) in [6.07, 6.45) is 2.74. The molecule has 0 spiro atoms. The molecule has 1 aromatic carbocycles. The van der Waals surface area contributed by atoms with Crippen LogP contribution in [-0.2, 0) is 6.54 Å². The summed E-state index contributed by atoms with van der Waals surface area (Å²) in [6, 6.07) is 7.39. The summed E-state index contributed by atoms with van der Waals surface area (Å²) in [5.74, 6) is 0. The molecule has 2 nitrogen and oxygen atoms in total. The van der Waals surface area contributed by atoms with Gasteiger partial charge in [0.25, 0.3) is 0 Å². The van der Waals surface area contributed by atoms with Gasteiger partial charge in [0, 0.05) is 30.1 Å². The third kappa shape index (κ3) is 4.41. The molecule has 1 N–H and O–H groups in total. The number of rotatable bonds is 6. The Morgan fingerprint density at radius 2 is 2.18 bits per heavy atom.